The Bertz CT molecular complexity index is 1010. The zero-order valence-corrected chi connectivity index (χ0v) is 17.8. The Hall–Kier alpha value is -2.70. The highest BCUT2D eigenvalue weighted by Crippen LogP contribution is 2.21. The number of hydrogen-bond donors (Lipinski definition) is 0. The molecule has 0 radical (unpaired) electrons. The van der Waals surface area contributed by atoms with Crippen molar-refractivity contribution in [2.24, 2.45) is 0 Å². The smallest absolute Gasteiger partial charge is 0.241 e. The molecule has 30 heavy (non-hydrogen) atoms. The first-order valence-electron chi connectivity index (χ1n) is 10.2. The molecule has 4 rings (SSSR count). The third kappa shape index (κ3) is 4.89. The van der Waals surface area contributed by atoms with Crippen LogP contribution in [0.3, 0.4) is 0 Å². The van der Waals surface area contributed by atoms with Crippen LogP contribution in [0, 0.1) is 6.92 Å². The summed E-state index contributed by atoms with van der Waals surface area (Å²) in [6.45, 7) is 5.63. The molecule has 0 aliphatic carbocycles. The van der Waals surface area contributed by atoms with Gasteiger partial charge in [-0.15, -0.1) is 0 Å². The van der Waals surface area contributed by atoms with Crippen molar-refractivity contribution in [1.82, 2.24) is 19.9 Å². The summed E-state index contributed by atoms with van der Waals surface area (Å²) in [6, 6.07) is 15.7. The topological polar surface area (TPSA) is 62.5 Å². The van der Waals surface area contributed by atoms with Crippen LogP contribution in [0.5, 0.6) is 0 Å². The average molecular weight is 425 g/mol. The predicted octanol–water partition coefficient (Wildman–Crippen LogP) is 3.98. The van der Waals surface area contributed by atoms with E-state index in [4.69, 9.17) is 16.1 Å². The molecule has 3 aromatic rings. The number of benzene rings is 2. The molecule has 0 N–H and O–H groups in total. The summed E-state index contributed by atoms with van der Waals surface area (Å²) in [4.78, 5) is 21.3. The van der Waals surface area contributed by atoms with E-state index in [1.54, 1.807) is 0 Å². The standard InChI is InChI=1S/C23H25ClN4O2/c1-17-6-2-4-8-19(17)23-25-21(30-26-23)16-27-12-14-28(15-13-27)22(29)11-10-18-7-3-5-9-20(18)24/h2-9H,10-16H2,1H3. The molecule has 1 fully saturated rings. The van der Waals surface area contributed by atoms with Crippen molar-refractivity contribution in [2.75, 3.05) is 26.2 Å². The minimum atomic E-state index is 0.175. The van der Waals surface area contributed by atoms with Crippen molar-refractivity contribution >= 4 is 17.5 Å². The second-order valence-electron chi connectivity index (χ2n) is 7.57. The van der Waals surface area contributed by atoms with Gasteiger partial charge >= 0.3 is 0 Å². The molecule has 2 heterocycles. The van der Waals surface area contributed by atoms with Gasteiger partial charge in [-0.1, -0.05) is 59.2 Å². The van der Waals surface area contributed by atoms with E-state index in [0.29, 0.717) is 44.2 Å². The Morgan fingerprint density at radius 2 is 1.80 bits per heavy atom. The number of carbonyl (C=O) groups is 1. The van der Waals surface area contributed by atoms with Crippen molar-refractivity contribution in [3.05, 3.63) is 70.6 Å². The van der Waals surface area contributed by atoms with Gasteiger partial charge in [0.15, 0.2) is 0 Å². The first kappa shape index (κ1) is 20.6. The van der Waals surface area contributed by atoms with Crippen LogP contribution in [0.25, 0.3) is 11.4 Å². The SMILES string of the molecule is Cc1ccccc1-c1noc(CN2CCN(C(=O)CCc3ccccc3Cl)CC2)n1. The highest BCUT2D eigenvalue weighted by Gasteiger charge is 2.22. The van der Waals surface area contributed by atoms with E-state index in [2.05, 4.69) is 15.0 Å². The highest BCUT2D eigenvalue weighted by molar-refractivity contribution is 6.31. The molecular formula is C23H25ClN4O2. The van der Waals surface area contributed by atoms with Crippen LogP contribution in [0.2, 0.25) is 5.02 Å². The second-order valence-corrected chi connectivity index (χ2v) is 7.98. The number of piperazine rings is 1. The number of nitrogens with zero attached hydrogens (tertiary/aromatic N) is 4. The summed E-state index contributed by atoms with van der Waals surface area (Å²) < 4.78 is 5.45. The third-order valence-electron chi connectivity index (χ3n) is 5.50. The number of rotatable bonds is 6. The molecule has 6 nitrogen and oxygen atoms in total. The molecule has 0 saturated carbocycles. The van der Waals surface area contributed by atoms with Gasteiger partial charge in [0, 0.05) is 43.2 Å². The molecule has 1 aliphatic heterocycles. The van der Waals surface area contributed by atoms with Crippen molar-refractivity contribution in [2.45, 2.75) is 26.3 Å². The van der Waals surface area contributed by atoms with Crippen molar-refractivity contribution in [3.63, 3.8) is 0 Å². The molecule has 0 spiro atoms. The lowest BCUT2D eigenvalue weighted by Crippen LogP contribution is -2.48. The van der Waals surface area contributed by atoms with Crippen molar-refractivity contribution < 1.29 is 9.32 Å². The zero-order chi connectivity index (χ0) is 20.9. The van der Waals surface area contributed by atoms with Gasteiger partial charge in [0.05, 0.1) is 6.54 Å². The molecule has 1 aromatic heterocycles. The molecular weight excluding hydrogens is 400 g/mol. The number of hydrogen-bond acceptors (Lipinski definition) is 5. The van der Waals surface area contributed by atoms with E-state index >= 15 is 0 Å². The van der Waals surface area contributed by atoms with E-state index < -0.39 is 0 Å². The first-order chi connectivity index (χ1) is 14.6. The second kappa shape index (κ2) is 9.41. The van der Waals surface area contributed by atoms with Crippen LogP contribution < -0.4 is 0 Å². The number of halogens is 1. The zero-order valence-electron chi connectivity index (χ0n) is 17.1. The van der Waals surface area contributed by atoms with Gasteiger partial charge in [-0.3, -0.25) is 9.69 Å². The van der Waals surface area contributed by atoms with Gasteiger partial charge in [-0.2, -0.15) is 4.98 Å². The minimum Gasteiger partial charge on any atom is -0.340 e. The molecule has 1 saturated heterocycles. The lowest BCUT2D eigenvalue weighted by molar-refractivity contribution is -0.133. The van der Waals surface area contributed by atoms with Crippen LogP contribution in [-0.4, -0.2) is 52.0 Å². The van der Waals surface area contributed by atoms with E-state index in [1.165, 1.54) is 0 Å². The van der Waals surface area contributed by atoms with Gasteiger partial charge in [-0.25, -0.2) is 0 Å². The van der Waals surface area contributed by atoms with Crippen molar-refractivity contribution in [1.29, 1.82) is 0 Å². The summed E-state index contributed by atoms with van der Waals surface area (Å²) in [5.74, 6) is 1.40. The predicted molar refractivity (Wildman–Crippen MR) is 116 cm³/mol. The van der Waals surface area contributed by atoms with Crippen LogP contribution in [0.4, 0.5) is 0 Å². The number of carbonyl (C=O) groups excluding carboxylic acids is 1. The van der Waals surface area contributed by atoms with Gasteiger partial charge in [0.25, 0.3) is 0 Å². The fourth-order valence-electron chi connectivity index (χ4n) is 3.70. The summed E-state index contributed by atoms with van der Waals surface area (Å²) in [7, 11) is 0. The Morgan fingerprint density at radius 1 is 1.07 bits per heavy atom. The van der Waals surface area contributed by atoms with Gasteiger partial charge in [0.2, 0.25) is 17.6 Å². The molecule has 1 amide bonds. The lowest BCUT2D eigenvalue weighted by atomic mass is 10.1. The molecule has 7 heteroatoms. The number of aromatic nitrogens is 2. The van der Waals surface area contributed by atoms with Crippen LogP contribution in [0.1, 0.15) is 23.4 Å². The Balaban J connectivity index is 1.26. The largest absolute Gasteiger partial charge is 0.340 e. The van der Waals surface area contributed by atoms with Crippen molar-refractivity contribution in [3.8, 4) is 11.4 Å². The molecule has 0 unspecified atom stereocenters. The maximum atomic E-state index is 12.6. The monoisotopic (exact) mass is 424 g/mol. The summed E-state index contributed by atoms with van der Waals surface area (Å²) in [5.41, 5.74) is 3.13. The quantitative estimate of drug-likeness (QED) is 0.599. The van der Waals surface area contributed by atoms with Gasteiger partial charge < -0.3 is 9.42 Å². The lowest BCUT2D eigenvalue weighted by Gasteiger charge is -2.34. The van der Waals surface area contributed by atoms with Gasteiger partial charge in [0.1, 0.15) is 0 Å². The molecule has 0 bridgehead atoms. The number of amides is 1. The Labute approximate surface area is 181 Å². The van der Waals surface area contributed by atoms with Crippen LogP contribution >= 0.6 is 11.6 Å². The van der Waals surface area contributed by atoms with Crippen LogP contribution in [0.15, 0.2) is 53.1 Å². The summed E-state index contributed by atoms with van der Waals surface area (Å²) in [5, 5.41) is 4.85. The van der Waals surface area contributed by atoms with E-state index in [0.717, 1.165) is 34.8 Å². The molecule has 2 aromatic carbocycles. The Morgan fingerprint density at radius 3 is 2.57 bits per heavy atom. The fourth-order valence-corrected chi connectivity index (χ4v) is 3.93. The average Bonchev–Trinajstić information content (AvgIpc) is 3.22. The first-order valence-corrected chi connectivity index (χ1v) is 10.6. The molecule has 0 atom stereocenters. The third-order valence-corrected chi connectivity index (χ3v) is 5.87. The van der Waals surface area contributed by atoms with E-state index in [9.17, 15) is 4.79 Å². The normalized spacial score (nSPS) is 14.8. The maximum absolute atomic E-state index is 12.6. The fraction of sp³-hybridized carbons (Fsp3) is 0.348. The Kier molecular flexibility index (Phi) is 6.45. The minimum absolute atomic E-state index is 0.175. The molecule has 1 aliphatic rings. The van der Waals surface area contributed by atoms with E-state index in [-0.39, 0.29) is 5.91 Å². The maximum Gasteiger partial charge on any atom is 0.241 e. The number of aryl methyl sites for hydroxylation is 2. The van der Waals surface area contributed by atoms with Gasteiger partial charge in [-0.05, 0) is 30.5 Å². The van der Waals surface area contributed by atoms with Crippen LogP contribution in [-0.2, 0) is 17.8 Å². The molecule has 156 valence electrons. The summed E-state index contributed by atoms with van der Waals surface area (Å²) in [6.07, 6.45) is 1.15. The van der Waals surface area contributed by atoms with E-state index in [1.807, 2.05) is 60.4 Å². The highest BCUT2D eigenvalue weighted by atomic mass is 35.5. The summed E-state index contributed by atoms with van der Waals surface area (Å²) >= 11 is 6.19.